The molecule has 1 unspecified atom stereocenters. The highest BCUT2D eigenvalue weighted by Gasteiger charge is 2.15. The van der Waals surface area contributed by atoms with Crippen molar-refractivity contribution in [2.45, 2.75) is 25.8 Å². The number of rotatable bonds is 7. The number of thiophene rings is 1. The Kier molecular flexibility index (Phi) is 5.39. The SMILES string of the molecule is CCCOc1ccccc1C(Cc1cccs1)NN. The van der Waals surface area contributed by atoms with Crippen molar-refractivity contribution in [1.82, 2.24) is 5.43 Å². The number of hydrogen-bond donors (Lipinski definition) is 2. The fourth-order valence-corrected chi connectivity index (χ4v) is 2.75. The zero-order valence-corrected chi connectivity index (χ0v) is 12.0. The molecule has 19 heavy (non-hydrogen) atoms. The minimum absolute atomic E-state index is 0.0757. The third-order valence-corrected chi connectivity index (χ3v) is 3.84. The highest BCUT2D eigenvalue weighted by molar-refractivity contribution is 7.09. The first kappa shape index (κ1) is 14.1. The molecule has 1 aromatic carbocycles. The fraction of sp³-hybridized carbons (Fsp3) is 0.333. The quantitative estimate of drug-likeness (QED) is 0.602. The van der Waals surface area contributed by atoms with Crippen LogP contribution in [0.5, 0.6) is 5.75 Å². The van der Waals surface area contributed by atoms with Gasteiger partial charge in [0.1, 0.15) is 5.75 Å². The normalized spacial score (nSPS) is 12.3. The molecule has 1 atom stereocenters. The number of ether oxygens (including phenoxy) is 1. The van der Waals surface area contributed by atoms with Crippen molar-refractivity contribution in [3.63, 3.8) is 0 Å². The Hall–Kier alpha value is -1.36. The van der Waals surface area contributed by atoms with Gasteiger partial charge in [-0.1, -0.05) is 31.2 Å². The van der Waals surface area contributed by atoms with Crippen molar-refractivity contribution < 1.29 is 4.74 Å². The summed E-state index contributed by atoms with van der Waals surface area (Å²) in [5.41, 5.74) is 4.02. The Morgan fingerprint density at radius 3 is 2.79 bits per heavy atom. The van der Waals surface area contributed by atoms with Crippen molar-refractivity contribution in [2.24, 2.45) is 5.84 Å². The number of nitrogens with two attached hydrogens (primary N) is 1. The summed E-state index contributed by atoms with van der Waals surface area (Å²) in [6, 6.07) is 12.4. The van der Waals surface area contributed by atoms with Crippen LogP contribution in [0.15, 0.2) is 41.8 Å². The molecule has 0 aliphatic heterocycles. The summed E-state index contributed by atoms with van der Waals surface area (Å²) in [4.78, 5) is 1.31. The first-order valence-corrected chi connectivity index (χ1v) is 7.43. The third-order valence-electron chi connectivity index (χ3n) is 2.94. The minimum Gasteiger partial charge on any atom is -0.493 e. The highest BCUT2D eigenvalue weighted by Crippen LogP contribution is 2.28. The van der Waals surface area contributed by atoms with Crippen molar-refractivity contribution >= 4 is 11.3 Å². The minimum atomic E-state index is 0.0757. The van der Waals surface area contributed by atoms with Crippen molar-refractivity contribution in [1.29, 1.82) is 0 Å². The van der Waals surface area contributed by atoms with Gasteiger partial charge in [0.2, 0.25) is 0 Å². The van der Waals surface area contributed by atoms with Gasteiger partial charge in [-0.05, 0) is 23.9 Å². The number of nitrogens with one attached hydrogen (secondary N) is 1. The molecule has 4 heteroatoms. The van der Waals surface area contributed by atoms with Gasteiger partial charge in [-0.3, -0.25) is 11.3 Å². The highest BCUT2D eigenvalue weighted by atomic mass is 32.1. The largest absolute Gasteiger partial charge is 0.493 e. The standard InChI is InChI=1S/C15H20N2OS/c1-2-9-18-15-8-4-3-7-13(15)14(17-16)11-12-6-5-10-19-12/h3-8,10,14,17H,2,9,11,16H2,1H3. The van der Waals surface area contributed by atoms with Crippen LogP contribution in [0.1, 0.15) is 29.8 Å². The van der Waals surface area contributed by atoms with Gasteiger partial charge in [-0.2, -0.15) is 0 Å². The molecular formula is C15H20N2OS. The average molecular weight is 276 g/mol. The second-order valence-electron chi connectivity index (χ2n) is 4.39. The number of hydrogen-bond acceptors (Lipinski definition) is 4. The van der Waals surface area contributed by atoms with E-state index in [0.717, 1.165) is 30.8 Å². The summed E-state index contributed by atoms with van der Waals surface area (Å²) in [5.74, 6) is 6.64. The lowest BCUT2D eigenvalue weighted by molar-refractivity contribution is 0.310. The molecular weight excluding hydrogens is 256 g/mol. The topological polar surface area (TPSA) is 47.3 Å². The van der Waals surface area contributed by atoms with Crippen LogP contribution in [-0.4, -0.2) is 6.61 Å². The maximum atomic E-state index is 5.80. The van der Waals surface area contributed by atoms with E-state index >= 15 is 0 Å². The average Bonchev–Trinajstić information content (AvgIpc) is 2.96. The van der Waals surface area contributed by atoms with Gasteiger partial charge in [0.05, 0.1) is 12.6 Å². The van der Waals surface area contributed by atoms with Crippen molar-refractivity contribution in [3.05, 3.63) is 52.2 Å². The molecule has 0 spiro atoms. The molecule has 0 aliphatic rings. The molecule has 0 saturated heterocycles. The molecule has 3 nitrogen and oxygen atoms in total. The van der Waals surface area contributed by atoms with Crippen LogP contribution in [-0.2, 0) is 6.42 Å². The van der Waals surface area contributed by atoms with Crippen molar-refractivity contribution in [2.75, 3.05) is 6.61 Å². The molecule has 102 valence electrons. The van der Waals surface area contributed by atoms with E-state index in [9.17, 15) is 0 Å². The molecule has 0 radical (unpaired) electrons. The van der Waals surface area contributed by atoms with Gasteiger partial charge in [0, 0.05) is 16.9 Å². The van der Waals surface area contributed by atoms with E-state index in [2.05, 4.69) is 35.9 Å². The van der Waals surface area contributed by atoms with E-state index in [1.54, 1.807) is 11.3 Å². The maximum Gasteiger partial charge on any atom is 0.124 e. The molecule has 0 amide bonds. The zero-order valence-electron chi connectivity index (χ0n) is 11.1. The Labute approximate surface area is 118 Å². The first-order valence-electron chi connectivity index (χ1n) is 6.55. The molecule has 2 aromatic rings. The van der Waals surface area contributed by atoms with Gasteiger partial charge in [-0.15, -0.1) is 11.3 Å². The van der Waals surface area contributed by atoms with E-state index in [0.29, 0.717) is 0 Å². The van der Waals surface area contributed by atoms with Crippen LogP contribution >= 0.6 is 11.3 Å². The third kappa shape index (κ3) is 3.80. The molecule has 1 heterocycles. The van der Waals surface area contributed by atoms with E-state index in [4.69, 9.17) is 10.6 Å². The smallest absolute Gasteiger partial charge is 0.124 e. The summed E-state index contributed by atoms with van der Waals surface area (Å²) in [6.07, 6.45) is 1.88. The Balaban J connectivity index is 2.17. The van der Waals surface area contributed by atoms with Gasteiger partial charge >= 0.3 is 0 Å². The second kappa shape index (κ2) is 7.28. The Morgan fingerprint density at radius 1 is 1.26 bits per heavy atom. The fourth-order valence-electron chi connectivity index (χ4n) is 2.00. The van der Waals surface area contributed by atoms with Gasteiger partial charge in [0.15, 0.2) is 0 Å². The molecule has 2 rings (SSSR count). The van der Waals surface area contributed by atoms with Crippen LogP contribution in [0, 0.1) is 0 Å². The summed E-state index contributed by atoms with van der Waals surface area (Å²) in [7, 11) is 0. The van der Waals surface area contributed by atoms with E-state index in [-0.39, 0.29) is 6.04 Å². The van der Waals surface area contributed by atoms with E-state index in [1.165, 1.54) is 4.88 Å². The predicted molar refractivity (Wildman–Crippen MR) is 80.3 cm³/mol. The predicted octanol–water partition coefficient (Wildman–Crippen LogP) is 3.28. The molecule has 1 aromatic heterocycles. The van der Waals surface area contributed by atoms with E-state index in [1.807, 2.05) is 18.2 Å². The number of para-hydroxylation sites is 1. The molecule has 3 N–H and O–H groups in total. The van der Waals surface area contributed by atoms with Gasteiger partial charge < -0.3 is 4.74 Å². The van der Waals surface area contributed by atoms with Crippen LogP contribution in [0.25, 0.3) is 0 Å². The lowest BCUT2D eigenvalue weighted by Gasteiger charge is -2.19. The first-order chi connectivity index (χ1) is 9.35. The molecule has 0 fully saturated rings. The summed E-state index contributed by atoms with van der Waals surface area (Å²) in [5, 5.41) is 2.09. The summed E-state index contributed by atoms with van der Waals surface area (Å²) >= 11 is 1.75. The summed E-state index contributed by atoms with van der Waals surface area (Å²) in [6.45, 7) is 2.83. The van der Waals surface area contributed by atoms with E-state index < -0.39 is 0 Å². The van der Waals surface area contributed by atoms with Gasteiger partial charge in [-0.25, -0.2) is 0 Å². The van der Waals surface area contributed by atoms with Crippen LogP contribution < -0.4 is 16.0 Å². The second-order valence-corrected chi connectivity index (χ2v) is 5.42. The maximum absolute atomic E-state index is 5.80. The van der Waals surface area contributed by atoms with Crippen LogP contribution in [0.4, 0.5) is 0 Å². The summed E-state index contributed by atoms with van der Waals surface area (Å²) < 4.78 is 5.80. The molecule has 0 saturated carbocycles. The van der Waals surface area contributed by atoms with Gasteiger partial charge in [0.25, 0.3) is 0 Å². The monoisotopic (exact) mass is 276 g/mol. The van der Waals surface area contributed by atoms with Crippen LogP contribution in [0.2, 0.25) is 0 Å². The molecule has 0 aliphatic carbocycles. The molecule has 0 bridgehead atoms. The number of benzene rings is 1. The lowest BCUT2D eigenvalue weighted by atomic mass is 10.0. The van der Waals surface area contributed by atoms with Crippen LogP contribution in [0.3, 0.4) is 0 Å². The lowest BCUT2D eigenvalue weighted by Crippen LogP contribution is -2.29. The number of hydrazine groups is 1. The zero-order chi connectivity index (χ0) is 13.5. The Bertz CT molecular complexity index is 485. The van der Waals surface area contributed by atoms with Crippen molar-refractivity contribution in [3.8, 4) is 5.75 Å². The Morgan fingerprint density at radius 2 is 2.11 bits per heavy atom.